The van der Waals surface area contributed by atoms with Gasteiger partial charge in [0.2, 0.25) is 0 Å². The predicted octanol–water partition coefficient (Wildman–Crippen LogP) is 4.24. The van der Waals surface area contributed by atoms with Gasteiger partial charge in [-0.1, -0.05) is 23.7 Å². The van der Waals surface area contributed by atoms with Crippen LogP contribution in [0.3, 0.4) is 0 Å². The van der Waals surface area contributed by atoms with Gasteiger partial charge in [-0.05, 0) is 24.3 Å². The standard InChI is InChI=1S/C15H10ClN3OS/c1-19-11-5-3-2-4-10(11)18-15(19)9(8-17)14(20)12-6-7-13(16)21-12/h2-7,20H,1H3/b14-9-. The van der Waals surface area contributed by atoms with Crippen molar-refractivity contribution in [3.05, 3.63) is 51.4 Å². The van der Waals surface area contributed by atoms with Crippen molar-refractivity contribution in [2.75, 3.05) is 0 Å². The Hall–Kier alpha value is -2.29. The normalized spacial score (nSPS) is 12.2. The van der Waals surface area contributed by atoms with Gasteiger partial charge in [-0.3, -0.25) is 0 Å². The number of para-hydroxylation sites is 2. The van der Waals surface area contributed by atoms with Crippen molar-refractivity contribution >= 4 is 45.3 Å². The molecule has 0 aliphatic rings. The summed E-state index contributed by atoms with van der Waals surface area (Å²) in [5, 5.41) is 19.8. The molecule has 0 saturated carbocycles. The van der Waals surface area contributed by atoms with E-state index in [0.717, 1.165) is 11.0 Å². The fourth-order valence-electron chi connectivity index (χ4n) is 2.14. The molecule has 0 radical (unpaired) electrons. The molecule has 3 rings (SSSR count). The molecule has 6 heteroatoms. The molecule has 1 aromatic carbocycles. The van der Waals surface area contributed by atoms with Gasteiger partial charge in [-0.25, -0.2) is 4.98 Å². The summed E-state index contributed by atoms with van der Waals surface area (Å²) in [4.78, 5) is 4.98. The van der Waals surface area contributed by atoms with E-state index in [1.807, 2.05) is 37.4 Å². The van der Waals surface area contributed by atoms with Crippen LogP contribution in [0.4, 0.5) is 0 Å². The van der Waals surface area contributed by atoms with Gasteiger partial charge in [0.25, 0.3) is 0 Å². The zero-order chi connectivity index (χ0) is 15.0. The Morgan fingerprint density at radius 1 is 1.33 bits per heavy atom. The number of halogens is 1. The van der Waals surface area contributed by atoms with Crippen molar-refractivity contribution in [1.82, 2.24) is 9.55 Å². The van der Waals surface area contributed by atoms with Crippen LogP contribution < -0.4 is 0 Å². The van der Waals surface area contributed by atoms with Gasteiger partial charge in [0.05, 0.1) is 20.2 Å². The second kappa shape index (κ2) is 5.24. The molecule has 0 amide bonds. The maximum atomic E-state index is 10.4. The lowest BCUT2D eigenvalue weighted by Gasteiger charge is -2.03. The lowest BCUT2D eigenvalue weighted by molar-refractivity contribution is 0.515. The third-order valence-electron chi connectivity index (χ3n) is 3.17. The molecule has 0 aliphatic carbocycles. The van der Waals surface area contributed by atoms with Gasteiger partial charge in [0, 0.05) is 7.05 Å². The van der Waals surface area contributed by atoms with Crippen LogP contribution in [0.15, 0.2) is 36.4 Å². The third kappa shape index (κ3) is 2.29. The van der Waals surface area contributed by atoms with E-state index >= 15 is 0 Å². The number of imidazole rings is 1. The Morgan fingerprint density at radius 2 is 2.10 bits per heavy atom. The average Bonchev–Trinajstić information content (AvgIpc) is 3.05. The number of thiophene rings is 1. The number of aromatic nitrogens is 2. The van der Waals surface area contributed by atoms with Crippen molar-refractivity contribution in [2.24, 2.45) is 7.05 Å². The smallest absolute Gasteiger partial charge is 0.155 e. The number of aryl methyl sites for hydroxylation is 1. The van der Waals surface area contributed by atoms with E-state index in [-0.39, 0.29) is 11.3 Å². The van der Waals surface area contributed by atoms with Crippen molar-refractivity contribution in [1.29, 1.82) is 5.26 Å². The van der Waals surface area contributed by atoms with Crippen molar-refractivity contribution in [2.45, 2.75) is 0 Å². The van der Waals surface area contributed by atoms with E-state index in [4.69, 9.17) is 11.6 Å². The molecular formula is C15H10ClN3OS. The Morgan fingerprint density at radius 3 is 2.71 bits per heavy atom. The van der Waals surface area contributed by atoms with E-state index in [2.05, 4.69) is 4.98 Å². The van der Waals surface area contributed by atoms with Gasteiger partial charge in [0.1, 0.15) is 11.6 Å². The lowest BCUT2D eigenvalue weighted by Crippen LogP contribution is -1.98. The molecule has 0 atom stereocenters. The Labute approximate surface area is 130 Å². The maximum absolute atomic E-state index is 10.4. The van der Waals surface area contributed by atoms with E-state index in [0.29, 0.717) is 15.0 Å². The van der Waals surface area contributed by atoms with E-state index in [1.54, 1.807) is 16.7 Å². The van der Waals surface area contributed by atoms with E-state index in [1.165, 1.54) is 11.3 Å². The molecule has 104 valence electrons. The number of nitrogens with zero attached hydrogens (tertiary/aromatic N) is 3. The molecule has 0 bridgehead atoms. The van der Waals surface area contributed by atoms with Crippen LogP contribution in [0, 0.1) is 11.3 Å². The Kier molecular flexibility index (Phi) is 3.42. The monoisotopic (exact) mass is 315 g/mol. The first kappa shape index (κ1) is 13.7. The minimum atomic E-state index is -0.104. The summed E-state index contributed by atoms with van der Waals surface area (Å²) in [6.45, 7) is 0. The predicted molar refractivity (Wildman–Crippen MR) is 85.1 cm³/mol. The van der Waals surface area contributed by atoms with Crippen LogP contribution in [-0.2, 0) is 7.05 Å². The SMILES string of the molecule is Cn1c(/C(C#N)=C(\O)c2ccc(Cl)s2)nc2ccccc21. The number of rotatable bonds is 2. The second-order valence-electron chi connectivity index (χ2n) is 4.42. The van der Waals surface area contributed by atoms with Gasteiger partial charge in [-0.2, -0.15) is 5.26 Å². The van der Waals surface area contributed by atoms with Crippen LogP contribution in [0.1, 0.15) is 10.7 Å². The minimum Gasteiger partial charge on any atom is -0.505 e. The molecular weight excluding hydrogens is 306 g/mol. The van der Waals surface area contributed by atoms with Crippen LogP contribution in [-0.4, -0.2) is 14.7 Å². The molecule has 2 aromatic heterocycles. The molecule has 0 unspecified atom stereocenters. The number of benzene rings is 1. The highest BCUT2D eigenvalue weighted by molar-refractivity contribution is 7.17. The highest BCUT2D eigenvalue weighted by Gasteiger charge is 2.18. The number of hydrogen-bond donors (Lipinski definition) is 1. The summed E-state index contributed by atoms with van der Waals surface area (Å²) in [6.07, 6.45) is 0. The van der Waals surface area contributed by atoms with Crippen molar-refractivity contribution < 1.29 is 5.11 Å². The summed E-state index contributed by atoms with van der Waals surface area (Å²) in [6, 6.07) is 13.0. The highest BCUT2D eigenvalue weighted by atomic mass is 35.5. The lowest BCUT2D eigenvalue weighted by atomic mass is 10.2. The van der Waals surface area contributed by atoms with Crippen molar-refractivity contribution in [3.8, 4) is 6.07 Å². The molecule has 1 N–H and O–H groups in total. The van der Waals surface area contributed by atoms with E-state index in [9.17, 15) is 10.4 Å². The van der Waals surface area contributed by atoms with Crippen LogP contribution in [0.2, 0.25) is 4.34 Å². The van der Waals surface area contributed by atoms with Gasteiger partial charge < -0.3 is 9.67 Å². The first-order valence-corrected chi connectivity index (χ1v) is 7.32. The first-order chi connectivity index (χ1) is 10.1. The molecule has 3 aromatic rings. The number of nitriles is 1. The average molecular weight is 316 g/mol. The Balaban J connectivity index is 2.23. The molecule has 0 fully saturated rings. The summed E-state index contributed by atoms with van der Waals surface area (Å²) >= 11 is 7.09. The fourth-order valence-corrected chi connectivity index (χ4v) is 3.14. The number of fused-ring (bicyclic) bond motifs is 1. The van der Waals surface area contributed by atoms with Crippen molar-refractivity contribution in [3.63, 3.8) is 0 Å². The zero-order valence-corrected chi connectivity index (χ0v) is 12.6. The first-order valence-electron chi connectivity index (χ1n) is 6.12. The molecule has 21 heavy (non-hydrogen) atoms. The summed E-state index contributed by atoms with van der Waals surface area (Å²) in [7, 11) is 1.82. The minimum absolute atomic E-state index is 0.104. The molecule has 0 aliphatic heterocycles. The van der Waals surface area contributed by atoms with Crippen LogP contribution >= 0.6 is 22.9 Å². The summed E-state index contributed by atoms with van der Waals surface area (Å²) < 4.78 is 2.35. The second-order valence-corrected chi connectivity index (χ2v) is 6.14. The number of aliphatic hydroxyl groups is 1. The van der Waals surface area contributed by atoms with Gasteiger partial charge in [0.15, 0.2) is 11.6 Å². The van der Waals surface area contributed by atoms with E-state index < -0.39 is 0 Å². The molecule has 0 saturated heterocycles. The number of aliphatic hydroxyl groups excluding tert-OH is 1. The number of allylic oxidation sites excluding steroid dienone is 1. The Bertz CT molecular complexity index is 901. The van der Waals surface area contributed by atoms with Gasteiger partial charge in [-0.15, -0.1) is 11.3 Å². The number of hydrogen-bond acceptors (Lipinski definition) is 4. The molecule has 4 nitrogen and oxygen atoms in total. The molecule has 2 heterocycles. The summed E-state index contributed by atoms with van der Waals surface area (Å²) in [5.74, 6) is 0.327. The quantitative estimate of drug-likeness (QED) is 0.568. The topological polar surface area (TPSA) is 61.8 Å². The third-order valence-corrected chi connectivity index (χ3v) is 4.40. The van der Waals surface area contributed by atoms with Crippen LogP contribution in [0.5, 0.6) is 0 Å². The fraction of sp³-hybridized carbons (Fsp3) is 0.0667. The highest BCUT2D eigenvalue weighted by Crippen LogP contribution is 2.31. The van der Waals surface area contributed by atoms with Crippen LogP contribution in [0.25, 0.3) is 22.4 Å². The summed E-state index contributed by atoms with van der Waals surface area (Å²) in [5.41, 5.74) is 1.81. The molecule has 0 spiro atoms. The maximum Gasteiger partial charge on any atom is 0.155 e. The zero-order valence-electron chi connectivity index (χ0n) is 11.0. The van der Waals surface area contributed by atoms with Gasteiger partial charge >= 0.3 is 0 Å². The largest absolute Gasteiger partial charge is 0.505 e.